The number of amides is 1. The number of thiazole rings is 1. The number of hydrogen-bond acceptors (Lipinski definition) is 5. The molecule has 112 valence electrons. The summed E-state index contributed by atoms with van der Waals surface area (Å²) in [6.45, 7) is 2.65. The zero-order valence-corrected chi connectivity index (χ0v) is 13.8. The number of carbonyl (C=O) groups excluding carboxylic acids is 1. The van der Waals surface area contributed by atoms with E-state index >= 15 is 0 Å². The van der Waals surface area contributed by atoms with E-state index in [2.05, 4.69) is 31.1 Å². The van der Waals surface area contributed by atoms with Crippen LogP contribution in [0.2, 0.25) is 0 Å². The van der Waals surface area contributed by atoms with E-state index in [1.807, 2.05) is 11.6 Å². The number of furan rings is 1. The number of aromatic nitrogens is 1. The lowest BCUT2D eigenvalue weighted by Gasteiger charge is -2.32. The normalized spacial score (nSPS) is 18.7. The van der Waals surface area contributed by atoms with Gasteiger partial charge in [-0.25, -0.2) is 4.98 Å². The molecule has 0 saturated carbocycles. The summed E-state index contributed by atoms with van der Waals surface area (Å²) in [6.07, 6.45) is 4.09. The van der Waals surface area contributed by atoms with Crippen LogP contribution in [-0.2, 0) is 0 Å². The second-order valence-corrected chi connectivity index (χ2v) is 6.74. The van der Waals surface area contributed by atoms with Crippen molar-refractivity contribution in [1.82, 2.24) is 10.3 Å². The number of halogens is 1. The fraction of sp³-hybridized carbons (Fsp3) is 0.429. The lowest BCUT2D eigenvalue weighted by atomic mass is 9.98. The summed E-state index contributed by atoms with van der Waals surface area (Å²) in [6, 6.07) is 3.39. The second kappa shape index (κ2) is 6.62. The minimum absolute atomic E-state index is 0.160. The Hall–Kier alpha value is -1.34. The summed E-state index contributed by atoms with van der Waals surface area (Å²) in [4.78, 5) is 18.6. The molecule has 3 rings (SSSR count). The first-order valence-electron chi connectivity index (χ1n) is 6.90. The monoisotopic (exact) mass is 369 g/mol. The van der Waals surface area contributed by atoms with Crippen molar-refractivity contribution < 1.29 is 9.21 Å². The summed E-state index contributed by atoms with van der Waals surface area (Å²) >= 11 is 4.86. The van der Waals surface area contributed by atoms with Gasteiger partial charge >= 0.3 is 0 Å². The summed E-state index contributed by atoms with van der Waals surface area (Å²) < 4.78 is 5.82. The van der Waals surface area contributed by atoms with Gasteiger partial charge in [0, 0.05) is 31.2 Å². The van der Waals surface area contributed by atoms with Crippen molar-refractivity contribution in [2.45, 2.75) is 12.8 Å². The summed E-state index contributed by atoms with van der Waals surface area (Å²) in [5.74, 6) is 0.631. The van der Waals surface area contributed by atoms with Crippen molar-refractivity contribution >= 4 is 38.3 Å². The number of carbonyl (C=O) groups is 1. The molecule has 0 spiro atoms. The Morgan fingerprint density at radius 2 is 2.48 bits per heavy atom. The maximum Gasteiger partial charge on any atom is 0.287 e. The van der Waals surface area contributed by atoms with Gasteiger partial charge in [-0.05, 0) is 46.8 Å². The van der Waals surface area contributed by atoms with E-state index in [4.69, 9.17) is 4.42 Å². The van der Waals surface area contributed by atoms with Crippen LogP contribution in [0.5, 0.6) is 0 Å². The van der Waals surface area contributed by atoms with Gasteiger partial charge in [-0.15, -0.1) is 11.3 Å². The topological polar surface area (TPSA) is 58.4 Å². The quantitative estimate of drug-likeness (QED) is 0.899. The van der Waals surface area contributed by atoms with Crippen LogP contribution in [0, 0.1) is 5.92 Å². The number of rotatable bonds is 4. The first kappa shape index (κ1) is 14.6. The Bertz CT molecular complexity index is 599. The van der Waals surface area contributed by atoms with Crippen LogP contribution < -0.4 is 10.2 Å². The van der Waals surface area contributed by atoms with Gasteiger partial charge < -0.3 is 14.6 Å². The number of hydrogen-bond donors (Lipinski definition) is 1. The highest BCUT2D eigenvalue weighted by molar-refractivity contribution is 9.10. The molecule has 1 aliphatic heterocycles. The molecule has 0 bridgehead atoms. The van der Waals surface area contributed by atoms with Crippen LogP contribution >= 0.6 is 27.3 Å². The first-order chi connectivity index (χ1) is 10.2. The van der Waals surface area contributed by atoms with E-state index in [1.54, 1.807) is 23.5 Å². The average Bonchev–Trinajstić information content (AvgIpc) is 3.16. The molecule has 2 aromatic rings. The van der Waals surface area contributed by atoms with Gasteiger partial charge in [-0.2, -0.15) is 0 Å². The van der Waals surface area contributed by atoms with Crippen LogP contribution in [0.25, 0.3) is 0 Å². The standard InChI is InChI=1S/C14H16BrN3O2S/c15-12-4-3-11(20-12)13(19)17-8-10-2-1-6-18(9-10)14-16-5-7-21-14/h3-5,7,10H,1-2,6,8-9H2,(H,17,19). The zero-order valence-electron chi connectivity index (χ0n) is 11.4. The van der Waals surface area contributed by atoms with Crippen molar-refractivity contribution in [1.29, 1.82) is 0 Å². The minimum Gasteiger partial charge on any atom is -0.444 e. The highest BCUT2D eigenvalue weighted by Crippen LogP contribution is 2.24. The molecule has 1 unspecified atom stereocenters. The van der Waals surface area contributed by atoms with Gasteiger partial charge in [0.05, 0.1) is 0 Å². The third-order valence-electron chi connectivity index (χ3n) is 3.56. The molecule has 2 aromatic heterocycles. The molecule has 1 fully saturated rings. The van der Waals surface area contributed by atoms with E-state index in [1.165, 1.54) is 0 Å². The van der Waals surface area contributed by atoms with E-state index in [-0.39, 0.29) is 5.91 Å². The van der Waals surface area contributed by atoms with Crippen LogP contribution in [-0.4, -0.2) is 30.5 Å². The molecular weight excluding hydrogens is 354 g/mol. The SMILES string of the molecule is O=C(NCC1CCCN(c2nccs2)C1)c1ccc(Br)o1. The molecule has 1 N–H and O–H groups in total. The third kappa shape index (κ3) is 3.65. The van der Waals surface area contributed by atoms with Gasteiger partial charge in [0.1, 0.15) is 0 Å². The lowest BCUT2D eigenvalue weighted by molar-refractivity contribution is 0.0916. The lowest BCUT2D eigenvalue weighted by Crippen LogP contribution is -2.40. The molecular formula is C14H16BrN3O2S. The van der Waals surface area contributed by atoms with E-state index in [0.717, 1.165) is 31.1 Å². The Morgan fingerprint density at radius 1 is 1.57 bits per heavy atom. The highest BCUT2D eigenvalue weighted by Gasteiger charge is 2.22. The van der Waals surface area contributed by atoms with Gasteiger partial charge in [0.2, 0.25) is 0 Å². The van der Waals surface area contributed by atoms with Crippen LogP contribution in [0.4, 0.5) is 5.13 Å². The van der Waals surface area contributed by atoms with Gasteiger partial charge in [0.15, 0.2) is 15.6 Å². The summed E-state index contributed by atoms with van der Waals surface area (Å²) in [5, 5.41) is 6.02. The van der Waals surface area contributed by atoms with E-state index in [0.29, 0.717) is 22.9 Å². The molecule has 1 aliphatic rings. The van der Waals surface area contributed by atoms with Crippen LogP contribution in [0.15, 0.2) is 32.8 Å². The van der Waals surface area contributed by atoms with Crippen molar-refractivity contribution in [3.63, 3.8) is 0 Å². The maximum absolute atomic E-state index is 12.0. The minimum atomic E-state index is -0.160. The Balaban J connectivity index is 1.52. The predicted molar refractivity (Wildman–Crippen MR) is 85.8 cm³/mol. The molecule has 1 amide bonds. The van der Waals surface area contributed by atoms with E-state index in [9.17, 15) is 4.79 Å². The molecule has 1 atom stereocenters. The molecule has 0 aliphatic carbocycles. The van der Waals surface area contributed by atoms with Crippen molar-refractivity contribution in [2.75, 3.05) is 24.5 Å². The van der Waals surface area contributed by atoms with Crippen LogP contribution in [0.1, 0.15) is 23.4 Å². The first-order valence-corrected chi connectivity index (χ1v) is 8.57. The zero-order chi connectivity index (χ0) is 14.7. The number of nitrogens with one attached hydrogen (secondary N) is 1. The molecule has 7 heteroatoms. The largest absolute Gasteiger partial charge is 0.444 e. The molecule has 1 saturated heterocycles. The summed E-state index contributed by atoms with van der Waals surface area (Å²) in [5.41, 5.74) is 0. The van der Waals surface area contributed by atoms with Crippen LogP contribution in [0.3, 0.4) is 0 Å². The number of piperidine rings is 1. The van der Waals surface area contributed by atoms with Gasteiger partial charge in [-0.1, -0.05) is 0 Å². The Kier molecular flexibility index (Phi) is 4.60. The fourth-order valence-corrected chi connectivity index (χ4v) is 3.52. The molecule has 0 aromatic carbocycles. The Morgan fingerprint density at radius 3 is 3.19 bits per heavy atom. The van der Waals surface area contributed by atoms with Gasteiger partial charge in [0.25, 0.3) is 5.91 Å². The van der Waals surface area contributed by atoms with E-state index < -0.39 is 0 Å². The molecule has 21 heavy (non-hydrogen) atoms. The second-order valence-electron chi connectivity index (χ2n) is 5.08. The third-order valence-corrected chi connectivity index (χ3v) is 4.82. The van der Waals surface area contributed by atoms with Crippen molar-refractivity contribution in [3.05, 3.63) is 34.1 Å². The number of nitrogens with zero attached hydrogens (tertiary/aromatic N) is 2. The predicted octanol–water partition coefficient (Wildman–Crippen LogP) is 3.15. The molecule has 5 nitrogen and oxygen atoms in total. The smallest absolute Gasteiger partial charge is 0.287 e. The summed E-state index contributed by atoms with van der Waals surface area (Å²) in [7, 11) is 0. The highest BCUT2D eigenvalue weighted by atomic mass is 79.9. The van der Waals surface area contributed by atoms with Crippen molar-refractivity contribution in [3.8, 4) is 0 Å². The Labute approximate surface area is 135 Å². The average molecular weight is 370 g/mol. The molecule has 0 radical (unpaired) electrons. The van der Waals surface area contributed by atoms with Gasteiger partial charge in [-0.3, -0.25) is 4.79 Å². The number of anilines is 1. The maximum atomic E-state index is 12.0. The fourth-order valence-electron chi connectivity index (χ4n) is 2.54. The molecule has 3 heterocycles. The van der Waals surface area contributed by atoms with Crippen molar-refractivity contribution in [2.24, 2.45) is 5.92 Å².